The zero-order chi connectivity index (χ0) is 14.7. The number of hydrogen-bond donors (Lipinski definition) is 0. The number of rotatable bonds is 4. The minimum absolute atomic E-state index is 0.299. The molecule has 5 heteroatoms. The minimum atomic E-state index is 0.299. The van der Waals surface area contributed by atoms with Gasteiger partial charge in [0.25, 0.3) is 0 Å². The second kappa shape index (κ2) is 6.16. The lowest BCUT2D eigenvalue weighted by atomic mass is 10.2. The van der Waals surface area contributed by atoms with E-state index in [4.69, 9.17) is 16.0 Å². The molecule has 2 heterocycles. The van der Waals surface area contributed by atoms with Crippen LogP contribution in [-0.2, 0) is 0 Å². The van der Waals surface area contributed by atoms with Crippen LogP contribution >= 0.6 is 23.4 Å². The topological polar surface area (TPSA) is 43.1 Å². The van der Waals surface area contributed by atoms with Crippen LogP contribution in [0.15, 0.2) is 69.1 Å². The molecule has 0 aliphatic carbocycles. The van der Waals surface area contributed by atoms with Crippen LogP contribution in [0.2, 0.25) is 5.02 Å². The Morgan fingerprint density at radius 2 is 2.05 bits per heavy atom. The number of nitrogens with zero attached hydrogens (tertiary/aromatic N) is 1. The van der Waals surface area contributed by atoms with Crippen LogP contribution in [0, 0.1) is 0 Å². The van der Waals surface area contributed by atoms with Crippen LogP contribution in [0.5, 0.6) is 0 Å². The number of hydrogen-bond acceptors (Lipinski definition) is 4. The van der Waals surface area contributed by atoms with E-state index in [-0.39, 0.29) is 0 Å². The van der Waals surface area contributed by atoms with Gasteiger partial charge in [-0.3, -0.25) is 4.79 Å². The maximum atomic E-state index is 10.6. The van der Waals surface area contributed by atoms with Crippen molar-refractivity contribution in [2.45, 2.75) is 9.92 Å². The lowest BCUT2D eigenvalue weighted by Gasteiger charge is -2.05. The molecule has 3 nitrogen and oxygen atoms in total. The lowest BCUT2D eigenvalue weighted by molar-refractivity contribution is 0.110. The van der Waals surface area contributed by atoms with Crippen molar-refractivity contribution in [3.05, 3.63) is 65.5 Å². The fourth-order valence-electron chi connectivity index (χ4n) is 1.83. The van der Waals surface area contributed by atoms with Crippen LogP contribution in [0.25, 0.3) is 11.3 Å². The molecule has 0 saturated heterocycles. The largest absolute Gasteiger partial charge is 0.453 e. The predicted octanol–water partition coefficient (Wildman–Crippen LogP) is 4.96. The maximum Gasteiger partial charge on any atom is 0.185 e. The van der Waals surface area contributed by atoms with E-state index in [1.807, 2.05) is 36.4 Å². The normalized spacial score (nSPS) is 10.5. The quantitative estimate of drug-likeness (QED) is 0.638. The molecule has 3 aromatic rings. The van der Waals surface area contributed by atoms with Crippen LogP contribution in [0.4, 0.5) is 0 Å². The summed E-state index contributed by atoms with van der Waals surface area (Å²) in [7, 11) is 0. The predicted molar refractivity (Wildman–Crippen MR) is 82.9 cm³/mol. The van der Waals surface area contributed by atoms with E-state index in [0.29, 0.717) is 22.8 Å². The molecule has 1 aromatic carbocycles. The molecule has 0 unspecified atom stereocenters. The standard InChI is InChI=1S/C16H10ClNO2S/c17-13-9-11(14-6-5-12(10-19)20-14)4-7-15(13)21-16-3-1-2-8-18-16/h1-10H. The first-order valence-corrected chi connectivity index (χ1v) is 7.39. The van der Waals surface area contributed by atoms with Crippen molar-refractivity contribution >= 4 is 29.6 Å². The zero-order valence-corrected chi connectivity index (χ0v) is 12.4. The molecule has 0 aliphatic rings. The van der Waals surface area contributed by atoms with Gasteiger partial charge in [-0.15, -0.1) is 0 Å². The first kappa shape index (κ1) is 13.9. The van der Waals surface area contributed by atoms with Gasteiger partial charge in [0.1, 0.15) is 10.8 Å². The fourth-order valence-corrected chi connectivity index (χ4v) is 2.90. The molecule has 0 N–H and O–H groups in total. The summed E-state index contributed by atoms with van der Waals surface area (Å²) in [5.41, 5.74) is 0.832. The van der Waals surface area contributed by atoms with Crippen LogP contribution in [0.3, 0.4) is 0 Å². The summed E-state index contributed by atoms with van der Waals surface area (Å²) in [6.45, 7) is 0. The number of benzene rings is 1. The van der Waals surface area contributed by atoms with Gasteiger partial charge in [-0.25, -0.2) is 4.98 Å². The Bertz CT molecular complexity index is 771. The maximum absolute atomic E-state index is 10.6. The van der Waals surface area contributed by atoms with Crippen molar-refractivity contribution in [2.24, 2.45) is 0 Å². The van der Waals surface area contributed by atoms with E-state index in [0.717, 1.165) is 15.5 Å². The summed E-state index contributed by atoms with van der Waals surface area (Å²) in [5, 5.41) is 1.50. The highest BCUT2D eigenvalue weighted by Crippen LogP contribution is 2.35. The SMILES string of the molecule is O=Cc1ccc(-c2ccc(Sc3ccccn3)c(Cl)c2)o1. The van der Waals surface area contributed by atoms with Gasteiger partial charge in [0, 0.05) is 16.7 Å². The van der Waals surface area contributed by atoms with E-state index >= 15 is 0 Å². The first-order chi connectivity index (χ1) is 10.3. The third-order valence-electron chi connectivity index (χ3n) is 2.81. The third-order valence-corrected chi connectivity index (χ3v) is 4.26. The average Bonchev–Trinajstić information content (AvgIpc) is 2.99. The Balaban J connectivity index is 1.87. The fraction of sp³-hybridized carbons (Fsp3) is 0. The second-order valence-corrected chi connectivity index (χ2v) is 5.70. The highest BCUT2D eigenvalue weighted by Gasteiger charge is 2.09. The summed E-state index contributed by atoms with van der Waals surface area (Å²) < 4.78 is 5.39. The zero-order valence-electron chi connectivity index (χ0n) is 10.8. The Morgan fingerprint density at radius 1 is 1.14 bits per heavy atom. The molecule has 0 radical (unpaired) electrons. The van der Waals surface area contributed by atoms with Gasteiger partial charge in [0.05, 0.1) is 5.02 Å². The minimum Gasteiger partial charge on any atom is -0.453 e. The molecule has 2 aromatic heterocycles. The number of aromatic nitrogens is 1. The van der Waals surface area contributed by atoms with Gasteiger partial charge >= 0.3 is 0 Å². The molecule has 0 saturated carbocycles. The lowest BCUT2D eigenvalue weighted by Crippen LogP contribution is -1.81. The molecule has 0 bridgehead atoms. The van der Waals surface area contributed by atoms with Gasteiger partial charge in [0.2, 0.25) is 0 Å². The number of carbonyl (C=O) groups is 1. The molecule has 3 rings (SSSR count). The van der Waals surface area contributed by atoms with Crippen molar-refractivity contribution in [2.75, 3.05) is 0 Å². The van der Waals surface area contributed by atoms with Gasteiger partial charge in [-0.05, 0) is 36.4 Å². The van der Waals surface area contributed by atoms with E-state index in [9.17, 15) is 4.79 Å². The number of carbonyl (C=O) groups excluding carboxylic acids is 1. The summed E-state index contributed by atoms with van der Waals surface area (Å²) in [4.78, 5) is 15.8. The van der Waals surface area contributed by atoms with E-state index in [1.165, 1.54) is 11.8 Å². The molecule has 21 heavy (non-hydrogen) atoms. The molecule has 104 valence electrons. The number of aldehydes is 1. The van der Waals surface area contributed by atoms with Crippen LogP contribution in [-0.4, -0.2) is 11.3 Å². The Labute approximate surface area is 131 Å². The van der Waals surface area contributed by atoms with E-state index in [1.54, 1.807) is 18.3 Å². The van der Waals surface area contributed by atoms with Gasteiger partial charge < -0.3 is 4.42 Å². The van der Waals surface area contributed by atoms with Gasteiger partial charge in [-0.1, -0.05) is 35.5 Å². The summed E-state index contributed by atoms with van der Waals surface area (Å²) in [5.74, 6) is 0.918. The van der Waals surface area contributed by atoms with Crippen molar-refractivity contribution in [1.29, 1.82) is 0 Å². The molecule has 0 spiro atoms. The van der Waals surface area contributed by atoms with E-state index < -0.39 is 0 Å². The highest BCUT2D eigenvalue weighted by molar-refractivity contribution is 7.99. The van der Waals surface area contributed by atoms with Crippen LogP contribution in [0.1, 0.15) is 10.6 Å². The second-order valence-electron chi connectivity index (χ2n) is 4.24. The first-order valence-electron chi connectivity index (χ1n) is 6.20. The molecular weight excluding hydrogens is 306 g/mol. The number of pyridine rings is 1. The Kier molecular flexibility index (Phi) is 4.08. The summed E-state index contributed by atoms with van der Waals surface area (Å²) >= 11 is 7.81. The van der Waals surface area contributed by atoms with Crippen LogP contribution < -0.4 is 0 Å². The Hall–Kier alpha value is -2.04. The molecule has 0 aliphatic heterocycles. The van der Waals surface area contributed by atoms with Gasteiger partial charge in [0.15, 0.2) is 12.0 Å². The molecule has 0 fully saturated rings. The monoisotopic (exact) mass is 315 g/mol. The summed E-state index contributed by atoms with van der Waals surface area (Å²) in [6.07, 6.45) is 2.42. The third kappa shape index (κ3) is 3.17. The van der Waals surface area contributed by atoms with E-state index in [2.05, 4.69) is 4.98 Å². The highest BCUT2D eigenvalue weighted by atomic mass is 35.5. The average molecular weight is 316 g/mol. The van der Waals surface area contributed by atoms with Crippen molar-refractivity contribution in [1.82, 2.24) is 4.98 Å². The van der Waals surface area contributed by atoms with Gasteiger partial charge in [-0.2, -0.15) is 0 Å². The summed E-state index contributed by atoms with van der Waals surface area (Å²) in [6, 6.07) is 14.8. The molecular formula is C16H10ClNO2S. The number of halogens is 1. The van der Waals surface area contributed by atoms with Crippen molar-refractivity contribution in [3.8, 4) is 11.3 Å². The van der Waals surface area contributed by atoms with Crippen molar-refractivity contribution in [3.63, 3.8) is 0 Å². The number of furan rings is 1. The smallest absolute Gasteiger partial charge is 0.185 e. The van der Waals surface area contributed by atoms with Crippen molar-refractivity contribution < 1.29 is 9.21 Å². The molecule has 0 amide bonds. The molecule has 0 atom stereocenters. The Morgan fingerprint density at radius 3 is 2.71 bits per heavy atom.